The third kappa shape index (κ3) is 17.7. The fourth-order valence-corrected chi connectivity index (χ4v) is 9.96. The van der Waals surface area contributed by atoms with Gasteiger partial charge in [-0.15, -0.1) is 0 Å². The first kappa shape index (κ1) is 55.0. The lowest BCUT2D eigenvalue weighted by atomic mass is 10.0. The summed E-state index contributed by atoms with van der Waals surface area (Å²) in [5.74, 6) is 0.683. The lowest BCUT2D eigenvalue weighted by molar-refractivity contribution is -0.121. The lowest BCUT2D eigenvalue weighted by Crippen LogP contribution is -2.38. The van der Waals surface area contributed by atoms with Gasteiger partial charge in [-0.25, -0.2) is 19.6 Å². The minimum Gasteiger partial charge on any atom is -0.377 e. The maximum Gasteiger partial charge on any atom is 0.315 e. The van der Waals surface area contributed by atoms with Crippen LogP contribution in [0.15, 0.2) is 97.3 Å². The predicted molar refractivity (Wildman–Crippen MR) is 289 cm³/mol. The molecule has 22 heteroatoms. The smallest absolute Gasteiger partial charge is 0.315 e. The Hall–Kier alpha value is -6.75. The topological polar surface area (TPSA) is 254 Å². The Bertz CT molecular complexity index is 2680. The number of urea groups is 2. The molecule has 4 heterocycles. The van der Waals surface area contributed by atoms with Crippen LogP contribution in [0.5, 0.6) is 0 Å². The van der Waals surface area contributed by atoms with Crippen molar-refractivity contribution in [1.29, 1.82) is 0 Å². The molecule has 2 aliphatic rings. The van der Waals surface area contributed by atoms with Gasteiger partial charge in [0.15, 0.2) is 0 Å². The molecule has 3 atom stereocenters. The van der Waals surface area contributed by atoms with Crippen molar-refractivity contribution < 1.29 is 38.2 Å². The number of amides is 7. The van der Waals surface area contributed by atoms with Crippen LogP contribution in [0.2, 0.25) is 5.02 Å². The number of rotatable bonds is 30. The molecular weight excluding hydrogens is 988 g/mol. The Morgan fingerprint density at radius 2 is 1.57 bits per heavy atom. The highest BCUT2D eigenvalue weighted by Crippen LogP contribution is 2.34. The SMILES string of the molecule is CN(CC=CC(=O)Nc1ccc(C(=O)Nc2cccc(Nc3ncc(Cl)c(-c4c[nH]c5ccccc45)n3)c2)cc1)CCCNC(=O)NCCOCCOCCOCCNC(=O)CCCCC1SCC2NC(=O)NC21. The minimum atomic E-state index is -0.320. The number of hydrogen-bond acceptors (Lipinski definition) is 13. The highest BCUT2D eigenvalue weighted by atomic mass is 35.5. The van der Waals surface area contributed by atoms with Gasteiger partial charge in [0.05, 0.1) is 68.6 Å². The van der Waals surface area contributed by atoms with Crippen LogP contribution in [0.25, 0.3) is 22.2 Å². The van der Waals surface area contributed by atoms with Gasteiger partial charge < -0.3 is 66.6 Å². The quantitative estimate of drug-likeness (QED) is 0.0140. The molecule has 3 aromatic carbocycles. The van der Waals surface area contributed by atoms with Gasteiger partial charge in [-0.3, -0.25) is 14.4 Å². The van der Waals surface area contributed by atoms with Crippen molar-refractivity contribution in [3.05, 3.63) is 108 Å². The number of nitrogens with one attached hydrogen (secondary N) is 9. The van der Waals surface area contributed by atoms with Crippen molar-refractivity contribution in [3.63, 3.8) is 0 Å². The van der Waals surface area contributed by atoms with E-state index >= 15 is 0 Å². The molecule has 7 amide bonds. The molecule has 2 saturated heterocycles. The standard InChI is InChI=1S/C52H65ClN12O8S/c1-65(24-8-20-55-51(69)56-22-26-72-28-30-73-29-27-71-25-21-54-45(66)14-5-4-13-44-48-43(34-74-44)62-52(70)64-48)23-7-15-46(67)59-36-18-16-35(17-19-36)49(68)60-37-9-6-10-38(31-37)61-50-58-33-41(53)47(63-50)40-32-57-42-12-3-2-11-39(40)42/h2-3,6-7,9-12,15-19,31-33,43-44,48,57H,4-5,8,13-14,20-30,34H2,1H3,(H,54,66)(H,59,67)(H,60,68)(H2,55,56,69)(H,58,61,63)(H2,62,64,70). The summed E-state index contributed by atoms with van der Waals surface area (Å²) in [7, 11) is 1.93. The van der Waals surface area contributed by atoms with Crippen molar-refractivity contribution in [2.24, 2.45) is 0 Å². The molecule has 0 saturated carbocycles. The summed E-state index contributed by atoms with van der Waals surface area (Å²) in [5.41, 5.74) is 4.59. The van der Waals surface area contributed by atoms with E-state index in [1.54, 1.807) is 54.7 Å². The fraction of sp³-hybridized carbons (Fsp3) is 0.404. The number of thioether (sulfide) groups is 1. The van der Waals surface area contributed by atoms with Crippen molar-refractivity contribution in [2.75, 3.05) is 101 Å². The first-order chi connectivity index (χ1) is 36.1. The number of likely N-dealkylation sites (N-methyl/N-ethyl adjacent to an activating group) is 1. The Morgan fingerprint density at radius 3 is 2.38 bits per heavy atom. The second kappa shape index (κ2) is 29.2. The number of anilines is 4. The second-order valence-electron chi connectivity index (χ2n) is 17.6. The van der Waals surface area contributed by atoms with Crippen molar-refractivity contribution in [3.8, 4) is 11.3 Å². The highest BCUT2D eigenvalue weighted by molar-refractivity contribution is 8.00. The Morgan fingerprint density at radius 1 is 0.824 bits per heavy atom. The molecule has 9 N–H and O–H groups in total. The molecule has 0 spiro atoms. The Labute approximate surface area is 439 Å². The Balaban J connectivity index is 0.654. The maximum atomic E-state index is 13.1. The minimum absolute atomic E-state index is 0.0174. The van der Waals surface area contributed by atoms with Gasteiger partial charge in [0.25, 0.3) is 5.91 Å². The van der Waals surface area contributed by atoms with E-state index in [9.17, 15) is 24.0 Å². The number of unbranched alkanes of at least 4 members (excludes halogenated alkanes) is 1. The molecule has 2 aromatic heterocycles. The largest absolute Gasteiger partial charge is 0.377 e. The molecule has 7 rings (SSSR count). The number of para-hydroxylation sites is 1. The van der Waals surface area contributed by atoms with Crippen LogP contribution in [0, 0.1) is 0 Å². The van der Waals surface area contributed by atoms with E-state index in [1.807, 2.05) is 60.2 Å². The normalized spacial score (nSPS) is 15.9. The molecule has 0 radical (unpaired) electrons. The summed E-state index contributed by atoms with van der Waals surface area (Å²) >= 11 is 8.40. The number of benzene rings is 3. The molecule has 20 nitrogen and oxygen atoms in total. The molecule has 0 bridgehead atoms. The summed E-state index contributed by atoms with van der Waals surface area (Å²) < 4.78 is 16.6. The number of carbonyl (C=O) groups is 5. The zero-order valence-corrected chi connectivity index (χ0v) is 43.0. The number of aromatic nitrogens is 3. The molecule has 5 aromatic rings. The van der Waals surface area contributed by atoms with Gasteiger partial charge >= 0.3 is 12.1 Å². The summed E-state index contributed by atoms with van der Waals surface area (Å²) in [6.07, 6.45) is 10.6. The predicted octanol–water partition coefficient (Wildman–Crippen LogP) is 6.28. The van der Waals surface area contributed by atoms with Crippen molar-refractivity contribution in [2.45, 2.75) is 49.4 Å². The molecule has 3 unspecified atom stereocenters. The van der Waals surface area contributed by atoms with Crippen LogP contribution in [-0.2, 0) is 23.8 Å². The Kier molecular flexibility index (Phi) is 21.7. The van der Waals surface area contributed by atoms with E-state index in [-0.39, 0.29) is 41.9 Å². The number of nitrogens with zero attached hydrogens (tertiary/aromatic N) is 3. The van der Waals surface area contributed by atoms with Gasteiger partial charge in [-0.1, -0.05) is 48.4 Å². The maximum absolute atomic E-state index is 13.1. The van der Waals surface area contributed by atoms with E-state index in [4.69, 9.17) is 25.8 Å². The van der Waals surface area contributed by atoms with Gasteiger partial charge in [0.2, 0.25) is 17.8 Å². The van der Waals surface area contributed by atoms with Gasteiger partial charge in [-0.05, 0) is 81.4 Å². The lowest BCUT2D eigenvalue weighted by Gasteiger charge is -2.16. The van der Waals surface area contributed by atoms with E-state index in [0.717, 1.165) is 41.5 Å². The van der Waals surface area contributed by atoms with Gasteiger partial charge in [0.1, 0.15) is 0 Å². The third-order valence-electron chi connectivity index (χ3n) is 12.0. The van der Waals surface area contributed by atoms with Crippen LogP contribution in [0.1, 0.15) is 42.5 Å². The van der Waals surface area contributed by atoms with Crippen molar-refractivity contribution >= 4 is 87.1 Å². The van der Waals surface area contributed by atoms with E-state index < -0.39 is 0 Å². The summed E-state index contributed by atoms with van der Waals surface area (Å²) in [6, 6.07) is 21.8. The number of carbonyl (C=O) groups excluding carboxylic acids is 5. The number of ether oxygens (including phenoxy) is 3. The average molecular weight is 1050 g/mol. The molecular formula is C52H65ClN12O8S. The highest BCUT2D eigenvalue weighted by Gasteiger charge is 2.42. The monoisotopic (exact) mass is 1050 g/mol. The first-order valence-corrected chi connectivity index (χ1v) is 26.2. The van der Waals surface area contributed by atoms with Gasteiger partial charge in [0, 0.05) is 95.0 Å². The number of aromatic amines is 1. The van der Waals surface area contributed by atoms with Crippen LogP contribution in [0.4, 0.5) is 32.6 Å². The number of halogens is 1. The van der Waals surface area contributed by atoms with E-state index in [0.29, 0.717) is 130 Å². The number of fused-ring (bicyclic) bond motifs is 2. The van der Waals surface area contributed by atoms with E-state index in [2.05, 4.69) is 57.5 Å². The zero-order chi connectivity index (χ0) is 51.9. The summed E-state index contributed by atoms with van der Waals surface area (Å²) in [5, 5.41) is 25.2. The first-order valence-electron chi connectivity index (χ1n) is 24.8. The molecule has 2 aliphatic heterocycles. The fourth-order valence-electron chi connectivity index (χ4n) is 8.23. The molecule has 0 aliphatic carbocycles. The summed E-state index contributed by atoms with van der Waals surface area (Å²) in [6.45, 7) is 4.90. The summed E-state index contributed by atoms with van der Waals surface area (Å²) in [4.78, 5) is 75.8. The van der Waals surface area contributed by atoms with Crippen LogP contribution >= 0.6 is 23.4 Å². The third-order valence-corrected chi connectivity index (χ3v) is 13.8. The van der Waals surface area contributed by atoms with Crippen LogP contribution in [0.3, 0.4) is 0 Å². The second-order valence-corrected chi connectivity index (χ2v) is 19.3. The molecule has 394 valence electrons. The van der Waals surface area contributed by atoms with Crippen LogP contribution in [-0.4, -0.2) is 152 Å². The van der Waals surface area contributed by atoms with Gasteiger partial charge in [-0.2, -0.15) is 11.8 Å². The zero-order valence-electron chi connectivity index (χ0n) is 41.4. The molecule has 74 heavy (non-hydrogen) atoms. The number of H-pyrrole nitrogens is 1. The molecule has 2 fully saturated rings. The van der Waals surface area contributed by atoms with Crippen molar-refractivity contribution in [1.82, 2.24) is 46.4 Å². The average Bonchev–Trinajstić information content (AvgIpc) is 4.11. The van der Waals surface area contributed by atoms with Crippen LogP contribution < -0.4 is 42.5 Å². The van der Waals surface area contributed by atoms with E-state index in [1.165, 1.54) is 6.08 Å². The number of hydrogen-bond donors (Lipinski definition) is 9.